The molecule has 0 aliphatic heterocycles. The molecule has 0 saturated heterocycles. The van der Waals surface area contributed by atoms with E-state index in [9.17, 15) is 18.0 Å². The van der Waals surface area contributed by atoms with Crippen LogP contribution in [0, 0.1) is 0 Å². The lowest BCUT2D eigenvalue weighted by Crippen LogP contribution is -2.12. The SMILES string of the molecule is O=C(O)c1cc(Cl)c(C(=O)O)c(Cl)c1S(=O)(=O)O. The third kappa shape index (κ3) is 2.56. The Morgan fingerprint density at radius 1 is 1.11 bits per heavy atom. The fourth-order valence-corrected chi connectivity index (χ4v) is 2.87. The van der Waals surface area contributed by atoms with Gasteiger partial charge in [0.15, 0.2) is 0 Å². The number of halogens is 2. The zero-order valence-electron chi connectivity index (χ0n) is 8.22. The van der Waals surface area contributed by atoms with Crippen molar-refractivity contribution >= 4 is 45.3 Å². The number of aromatic carboxylic acids is 2. The summed E-state index contributed by atoms with van der Waals surface area (Å²) in [6, 6.07) is 0.586. The molecule has 0 radical (unpaired) electrons. The Balaban J connectivity index is 3.93. The Labute approximate surface area is 110 Å². The molecule has 0 fully saturated rings. The van der Waals surface area contributed by atoms with Crippen molar-refractivity contribution < 1.29 is 32.8 Å². The van der Waals surface area contributed by atoms with Crippen molar-refractivity contribution in [2.24, 2.45) is 0 Å². The van der Waals surface area contributed by atoms with E-state index < -0.39 is 48.1 Å². The van der Waals surface area contributed by atoms with E-state index in [4.69, 9.17) is 38.0 Å². The molecule has 0 aliphatic carbocycles. The van der Waals surface area contributed by atoms with Crippen LogP contribution in [0.2, 0.25) is 10.0 Å². The number of hydrogen-bond donors (Lipinski definition) is 3. The molecule has 0 atom stereocenters. The summed E-state index contributed by atoms with van der Waals surface area (Å²) in [5.41, 5.74) is -1.73. The minimum Gasteiger partial charge on any atom is -0.478 e. The molecule has 0 unspecified atom stereocenters. The third-order valence-corrected chi connectivity index (χ3v) is 3.60. The smallest absolute Gasteiger partial charge is 0.338 e. The highest BCUT2D eigenvalue weighted by molar-refractivity contribution is 7.86. The summed E-state index contributed by atoms with van der Waals surface area (Å²) in [5, 5.41) is 16.0. The number of carboxylic acids is 2. The molecule has 3 N–H and O–H groups in total. The van der Waals surface area contributed by atoms with Gasteiger partial charge in [-0.1, -0.05) is 23.2 Å². The van der Waals surface area contributed by atoms with Crippen molar-refractivity contribution in [3.05, 3.63) is 27.2 Å². The first-order valence-corrected chi connectivity index (χ1v) is 6.23. The lowest BCUT2D eigenvalue weighted by Gasteiger charge is -2.09. The fourth-order valence-electron chi connectivity index (χ4n) is 1.21. The molecule has 18 heavy (non-hydrogen) atoms. The first-order valence-electron chi connectivity index (χ1n) is 4.03. The van der Waals surface area contributed by atoms with E-state index in [0.717, 1.165) is 0 Å². The quantitative estimate of drug-likeness (QED) is 0.723. The number of hydrogen-bond acceptors (Lipinski definition) is 4. The molecular formula is C8H4Cl2O7S. The largest absolute Gasteiger partial charge is 0.478 e. The summed E-state index contributed by atoms with van der Waals surface area (Å²) in [6.45, 7) is 0. The third-order valence-electron chi connectivity index (χ3n) is 1.88. The summed E-state index contributed by atoms with van der Waals surface area (Å²) in [7, 11) is -5.02. The molecule has 0 saturated carbocycles. The summed E-state index contributed by atoms with van der Waals surface area (Å²) in [6.07, 6.45) is 0. The molecule has 0 heterocycles. The van der Waals surface area contributed by atoms with E-state index in [1.807, 2.05) is 0 Å². The molecule has 0 aromatic heterocycles. The highest BCUT2D eigenvalue weighted by Gasteiger charge is 2.30. The van der Waals surface area contributed by atoms with Crippen LogP contribution in [0.5, 0.6) is 0 Å². The van der Waals surface area contributed by atoms with Crippen molar-refractivity contribution in [1.29, 1.82) is 0 Å². The molecule has 0 aliphatic rings. The number of carboxylic acid groups (broad SMARTS) is 2. The van der Waals surface area contributed by atoms with E-state index >= 15 is 0 Å². The van der Waals surface area contributed by atoms with Crippen LogP contribution in [0.15, 0.2) is 11.0 Å². The van der Waals surface area contributed by atoms with Gasteiger partial charge in [0.2, 0.25) is 0 Å². The van der Waals surface area contributed by atoms with E-state index in [1.54, 1.807) is 0 Å². The molecule has 7 nitrogen and oxygen atoms in total. The van der Waals surface area contributed by atoms with Gasteiger partial charge in [-0.05, 0) is 6.07 Å². The molecule has 0 bridgehead atoms. The topological polar surface area (TPSA) is 129 Å². The fraction of sp³-hybridized carbons (Fsp3) is 0. The molecule has 1 rings (SSSR count). The van der Waals surface area contributed by atoms with Gasteiger partial charge in [-0.3, -0.25) is 4.55 Å². The maximum absolute atomic E-state index is 11.0. The van der Waals surface area contributed by atoms with Gasteiger partial charge in [-0.25, -0.2) is 9.59 Å². The number of carbonyl (C=O) groups is 2. The Hall–Kier alpha value is -1.35. The van der Waals surface area contributed by atoms with Gasteiger partial charge in [0, 0.05) is 0 Å². The van der Waals surface area contributed by atoms with E-state index in [-0.39, 0.29) is 0 Å². The molecule has 10 heteroatoms. The van der Waals surface area contributed by atoms with Crippen LogP contribution in [0.25, 0.3) is 0 Å². The van der Waals surface area contributed by atoms with Gasteiger partial charge in [0.1, 0.15) is 4.90 Å². The average Bonchev–Trinajstić information content (AvgIpc) is 2.12. The van der Waals surface area contributed by atoms with Crippen LogP contribution in [0.4, 0.5) is 0 Å². The summed E-state index contributed by atoms with van der Waals surface area (Å²) in [4.78, 5) is 20.4. The summed E-state index contributed by atoms with van der Waals surface area (Å²) >= 11 is 11.0. The Bertz CT molecular complexity index is 650. The van der Waals surface area contributed by atoms with Crippen LogP contribution < -0.4 is 0 Å². The normalized spacial score (nSPS) is 11.3. The standard InChI is InChI=1S/C8H4Cl2O7S/c9-3-1-2(7(11)12)6(18(15,16)17)5(10)4(3)8(13)14/h1H,(H,11,12)(H,13,14)(H,15,16,17). The highest BCUT2D eigenvalue weighted by atomic mass is 35.5. The Morgan fingerprint density at radius 2 is 1.61 bits per heavy atom. The molecule has 98 valence electrons. The van der Waals surface area contributed by atoms with Crippen LogP contribution in [-0.4, -0.2) is 35.1 Å². The van der Waals surface area contributed by atoms with Crippen molar-refractivity contribution in [2.75, 3.05) is 0 Å². The predicted octanol–water partition coefficient (Wildman–Crippen LogP) is 1.64. The van der Waals surface area contributed by atoms with Crippen LogP contribution in [-0.2, 0) is 10.1 Å². The second kappa shape index (κ2) is 4.73. The number of rotatable bonds is 3. The van der Waals surface area contributed by atoms with E-state index in [1.165, 1.54) is 0 Å². The number of benzene rings is 1. The minimum atomic E-state index is -5.02. The predicted molar refractivity (Wildman–Crippen MR) is 60.2 cm³/mol. The molecular weight excluding hydrogens is 311 g/mol. The monoisotopic (exact) mass is 314 g/mol. The zero-order chi connectivity index (χ0) is 14.2. The molecule has 0 amide bonds. The van der Waals surface area contributed by atoms with Crippen LogP contribution >= 0.6 is 23.2 Å². The van der Waals surface area contributed by atoms with Gasteiger partial charge in [-0.15, -0.1) is 0 Å². The van der Waals surface area contributed by atoms with Crippen LogP contribution in [0.3, 0.4) is 0 Å². The first-order chi connectivity index (χ1) is 8.07. The second-order valence-electron chi connectivity index (χ2n) is 3.01. The average molecular weight is 315 g/mol. The lowest BCUT2D eigenvalue weighted by molar-refractivity contribution is 0.0678. The minimum absolute atomic E-state index is 0.558. The van der Waals surface area contributed by atoms with Gasteiger partial charge in [0.05, 0.1) is 21.2 Å². The first kappa shape index (κ1) is 14.7. The van der Waals surface area contributed by atoms with Crippen molar-refractivity contribution in [2.45, 2.75) is 4.90 Å². The van der Waals surface area contributed by atoms with Gasteiger partial charge >= 0.3 is 11.9 Å². The van der Waals surface area contributed by atoms with Crippen LogP contribution in [0.1, 0.15) is 20.7 Å². The molecule has 0 spiro atoms. The zero-order valence-corrected chi connectivity index (χ0v) is 10.5. The highest BCUT2D eigenvalue weighted by Crippen LogP contribution is 2.34. The van der Waals surface area contributed by atoms with Gasteiger partial charge in [0.25, 0.3) is 10.1 Å². The van der Waals surface area contributed by atoms with Crippen molar-refractivity contribution in [1.82, 2.24) is 0 Å². The van der Waals surface area contributed by atoms with E-state index in [2.05, 4.69) is 0 Å². The lowest BCUT2D eigenvalue weighted by atomic mass is 10.1. The summed E-state index contributed by atoms with van der Waals surface area (Å²) < 4.78 is 31.0. The van der Waals surface area contributed by atoms with Gasteiger partial charge < -0.3 is 10.2 Å². The summed E-state index contributed by atoms with van der Waals surface area (Å²) in [5.74, 6) is -3.39. The second-order valence-corrected chi connectivity index (χ2v) is 5.15. The van der Waals surface area contributed by atoms with Gasteiger partial charge in [-0.2, -0.15) is 8.42 Å². The van der Waals surface area contributed by atoms with Crippen molar-refractivity contribution in [3.8, 4) is 0 Å². The Kier molecular flexibility index (Phi) is 3.86. The Morgan fingerprint density at radius 3 is 1.94 bits per heavy atom. The van der Waals surface area contributed by atoms with Crippen molar-refractivity contribution in [3.63, 3.8) is 0 Å². The molecule has 1 aromatic rings. The maximum atomic E-state index is 11.0. The maximum Gasteiger partial charge on any atom is 0.338 e. The molecule has 1 aromatic carbocycles. The van der Waals surface area contributed by atoms with E-state index in [0.29, 0.717) is 6.07 Å².